The van der Waals surface area contributed by atoms with E-state index in [9.17, 15) is 4.79 Å². The van der Waals surface area contributed by atoms with Crippen LogP contribution in [0.1, 0.15) is 34.6 Å². The zero-order chi connectivity index (χ0) is 12.1. The van der Waals surface area contributed by atoms with Gasteiger partial charge in [-0.2, -0.15) is 0 Å². The van der Waals surface area contributed by atoms with Crippen LogP contribution in [-0.4, -0.2) is 29.0 Å². The van der Waals surface area contributed by atoms with Gasteiger partial charge in [-0.25, -0.2) is 0 Å². The Morgan fingerprint density at radius 2 is 1.93 bits per heavy atom. The van der Waals surface area contributed by atoms with Crippen LogP contribution in [0.25, 0.3) is 0 Å². The van der Waals surface area contributed by atoms with Gasteiger partial charge in [0.1, 0.15) is 0 Å². The molecule has 15 heavy (non-hydrogen) atoms. The summed E-state index contributed by atoms with van der Waals surface area (Å²) < 4.78 is 0.132. The second-order valence-electron chi connectivity index (χ2n) is 5.05. The van der Waals surface area contributed by atoms with Crippen LogP contribution in [-0.2, 0) is 4.79 Å². The molecule has 3 N–H and O–H groups in total. The van der Waals surface area contributed by atoms with Gasteiger partial charge in [0.2, 0.25) is 5.91 Å². The van der Waals surface area contributed by atoms with Crippen molar-refractivity contribution in [2.45, 2.75) is 45.4 Å². The summed E-state index contributed by atoms with van der Waals surface area (Å²) in [4.78, 5) is 11.6. The lowest BCUT2D eigenvalue weighted by Crippen LogP contribution is -2.44. The van der Waals surface area contributed by atoms with Gasteiger partial charge < -0.3 is 11.1 Å². The highest BCUT2D eigenvalue weighted by Crippen LogP contribution is 2.22. The average molecular weight is 232 g/mol. The zero-order valence-corrected chi connectivity index (χ0v) is 11.3. The van der Waals surface area contributed by atoms with Crippen LogP contribution < -0.4 is 11.1 Å². The first-order chi connectivity index (χ1) is 6.76. The number of nitrogens with two attached hydrogens (primary N) is 1. The zero-order valence-electron chi connectivity index (χ0n) is 10.5. The summed E-state index contributed by atoms with van der Waals surface area (Å²) >= 11 is 1.65. The van der Waals surface area contributed by atoms with Gasteiger partial charge in [-0.05, 0) is 5.92 Å². The Bertz CT molecular complexity index is 199. The fourth-order valence-electron chi connectivity index (χ4n) is 1.03. The van der Waals surface area contributed by atoms with E-state index in [1.165, 1.54) is 0 Å². The van der Waals surface area contributed by atoms with Crippen molar-refractivity contribution < 1.29 is 4.79 Å². The maximum Gasteiger partial charge on any atom is 0.230 e. The molecule has 0 aromatic rings. The molecule has 0 aromatic carbocycles. The number of amides is 1. The van der Waals surface area contributed by atoms with Crippen molar-refractivity contribution >= 4 is 17.7 Å². The third kappa shape index (κ3) is 7.68. The molecule has 0 bridgehead atoms. The van der Waals surface area contributed by atoms with Crippen LogP contribution in [0.15, 0.2) is 0 Å². The van der Waals surface area contributed by atoms with E-state index in [-0.39, 0.29) is 16.7 Å². The van der Waals surface area contributed by atoms with Crippen LogP contribution in [0.2, 0.25) is 0 Å². The molecule has 90 valence electrons. The summed E-state index contributed by atoms with van der Waals surface area (Å²) in [6, 6.07) is 0.0954. The predicted octanol–water partition coefficient (Wildman–Crippen LogP) is 1.62. The molecule has 0 aliphatic rings. The van der Waals surface area contributed by atoms with Gasteiger partial charge in [0.15, 0.2) is 0 Å². The average Bonchev–Trinajstić information content (AvgIpc) is 2.09. The van der Waals surface area contributed by atoms with Crippen molar-refractivity contribution in [1.29, 1.82) is 0 Å². The molecule has 0 radical (unpaired) electrons. The first kappa shape index (κ1) is 14.8. The molecule has 4 heteroatoms. The Balaban J connectivity index is 3.92. The van der Waals surface area contributed by atoms with Crippen LogP contribution in [0.5, 0.6) is 0 Å². The largest absolute Gasteiger partial charge is 0.351 e. The highest BCUT2D eigenvalue weighted by Gasteiger charge is 2.17. The molecule has 0 fully saturated rings. The van der Waals surface area contributed by atoms with Crippen LogP contribution in [0.4, 0.5) is 0 Å². The molecular formula is C11H24N2OS. The number of nitrogens with one attached hydrogen (secondary N) is 1. The van der Waals surface area contributed by atoms with E-state index in [4.69, 9.17) is 5.73 Å². The highest BCUT2D eigenvalue weighted by atomic mass is 32.2. The van der Waals surface area contributed by atoms with Crippen molar-refractivity contribution in [3.63, 3.8) is 0 Å². The number of thioether (sulfide) groups is 1. The Morgan fingerprint density at radius 1 is 1.40 bits per heavy atom. The second kappa shape index (κ2) is 6.38. The van der Waals surface area contributed by atoms with E-state index < -0.39 is 0 Å². The van der Waals surface area contributed by atoms with Crippen molar-refractivity contribution in [2.24, 2.45) is 11.7 Å². The summed E-state index contributed by atoms with van der Waals surface area (Å²) in [6.45, 7) is 10.9. The number of carbonyl (C=O) groups is 1. The second-order valence-corrected chi connectivity index (χ2v) is 6.86. The molecule has 0 heterocycles. The molecule has 0 saturated heterocycles. The SMILES string of the molecule is CC(C)C(CN)NC(=O)CSC(C)(C)C. The number of carbonyl (C=O) groups excluding carboxylic acids is 1. The Kier molecular flexibility index (Phi) is 6.29. The van der Waals surface area contributed by atoms with Crippen molar-refractivity contribution in [1.82, 2.24) is 5.32 Å². The van der Waals surface area contributed by atoms with E-state index in [1.54, 1.807) is 11.8 Å². The van der Waals surface area contributed by atoms with Crippen molar-refractivity contribution in [2.75, 3.05) is 12.3 Å². The van der Waals surface area contributed by atoms with Crippen molar-refractivity contribution in [3.8, 4) is 0 Å². The lowest BCUT2D eigenvalue weighted by atomic mass is 10.1. The molecular weight excluding hydrogens is 208 g/mol. The number of hydrogen-bond donors (Lipinski definition) is 2. The summed E-state index contributed by atoms with van der Waals surface area (Å²) in [5.74, 6) is 0.977. The highest BCUT2D eigenvalue weighted by molar-refractivity contribution is 8.01. The fourth-order valence-corrected chi connectivity index (χ4v) is 1.68. The number of hydrogen-bond acceptors (Lipinski definition) is 3. The lowest BCUT2D eigenvalue weighted by Gasteiger charge is -2.22. The monoisotopic (exact) mass is 232 g/mol. The van der Waals surface area contributed by atoms with E-state index in [2.05, 4.69) is 39.9 Å². The first-order valence-corrected chi connectivity index (χ1v) is 6.38. The van der Waals surface area contributed by atoms with Gasteiger partial charge in [0.05, 0.1) is 5.75 Å². The molecule has 1 amide bonds. The van der Waals surface area contributed by atoms with E-state index in [0.717, 1.165) is 0 Å². The molecule has 3 nitrogen and oxygen atoms in total. The Hall–Kier alpha value is -0.220. The van der Waals surface area contributed by atoms with Crippen LogP contribution in [0.3, 0.4) is 0 Å². The number of rotatable bonds is 5. The maximum absolute atomic E-state index is 11.6. The Morgan fingerprint density at radius 3 is 2.27 bits per heavy atom. The summed E-state index contributed by atoms with van der Waals surface area (Å²) in [5, 5.41) is 2.95. The molecule has 1 atom stereocenters. The van der Waals surface area contributed by atoms with E-state index >= 15 is 0 Å². The van der Waals surface area contributed by atoms with E-state index in [1.807, 2.05) is 0 Å². The quantitative estimate of drug-likeness (QED) is 0.757. The van der Waals surface area contributed by atoms with Gasteiger partial charge in [-0.15, -0.1) is 11.8 Å². The predicted molar refractivity (Wildman–Crippen MR) is 68.0 cm³/mol. The van der Waals surface area contributed by atoms with Gasteiger partial charge in [0, 0.05) is 17.3 Å². The molecule has 0 saturated carbocycles. The topological polar surface area (TPSA) is 55.1 Å². The molecule has 0 aliphatic carbocycles. The molecule has 0 aliphatic heterocycles. The standard InChI is InChI=1S/C11H24N2OS/c1-8(2)9(6-12)13-10(14)7-15-11(3,4)5/h8-9H,6-7,12H2,1-5H3,(H,13,14). The van der Waals surface area contributed by atoms with Crippen molar-refractivity contribution in [3.05, 3.63) is 0 Å². The summed E-state index contributed by atoms with van der Waals surface area (Å²) in [5.41, 5.74) is 5.58. The summed E-state index contributed by atoms with van der Waals surface area (Å²) in [7, 11) is 0. The third-order valence-corrected chi connectivity index (χ3v) is 3.31. The normalized spacial score (nSPS) is 14.1. The third-order valence-electron chi connectivity index (χ3n) is 2.04. The van der Waals surface area contributed by atoms with Crippen LogP contribution >= 0.6 is 11.8 Å². The lowest BCUT2D eigenvalue weighted by molar-refractivity contribution is -0.119. The minimum atomic E-state index is 0.0825. The fraction of sp³-hybridized carbons (Fsp3) is 0.909. The Labute approximate surface area is 97.6 Å². The summed E-state index contributed by atoms with van der Waals surface area (Å²) in [6.07, 6.45) is 0. The van der Waals surface area contributed by atoms with Gasteiger partial charge in [0.25, 0.3) is 0 Å². The van der Waals surface area contributed by atoms with Gasteiger partial charge in [-0.3, -0.25) is 4.79 Å². The van der Waals surface area contributed by atoms with Gasteiger partial charge in [-0.1, -0.05) is 34.6 Å². The molecule has 0 spiro atoms. The molecule has 1 unspecified atom stereocenters. The molecule has 0 rings (SSSR count). The van der Waals surface area contributed by atoms with E-state index in [0.29, 0.717) is 18.2 Å². The first-order valence-electron chi connectivity index (χ1n) is 5.39. The minimum Gasteiger partial charge on any atom is -0.351 e. The van der Waals surface area contributed by atoms with Crippen LogP contribution in [0, 0.1) is 5.92 Å². The van der Waals surface area contributed by atoms with Gasteiger partial charge >= 0.3 is 0 Å². The smallest absolute Gasteiger partial charge is 0.230 e. The molecule has 0 aromatic heterocycles. The maximum atomic E-state index is 11.6. The minimum absolute atomic E-state index is 0.0825.